The van der Waals surface area contributed by atoms with Crippen molar-refractivity contribution in [2.45, 2.75) is 0 Å². The maximum Gasteiger partial charge on any atom is 0.0789 e. The van der Waals surface area contributed by atoms with Crippen molar-refractivity contribution in [3.8, 4) is 22.7 Å². The molecule has 0 radical (unpaired) electrons. The van der Waals surface area contributed by atoms with Crippen LogP contribution < -0.4 is 0 Å². The van der Waals surface area contributed by atoms with Crippen molar-refractivity contribution in [3.05, 3.63) is 218 Å². The van der Waals surface area contributed by atoms with E-state index in [9.17, 15) is 0 Å². The zero-order valence-corrected chi connectivity index (χ0v) is 33.6. The van der Waals surface area contributed by atoms with Crippen molar-refractivity contribution >= 4 is 98.0 Å². The Morgan fingerprint density at radius 3 is 0.806 bits per heavy atom. The summed E-state index contributed by atoms with van der Waals surface area (Å²) in [6, 6.07) is 80.2. The van der Waals surface area contributed by atoms with Crippen LogP contribution in [0.1, 0.15) is 0 Å². The lowest BCUT2D eigenvalue weighted by Gasteiger charge is -2.17. The van der Waals surface area contributed by atoms with Gasteiger partial charge in [0, 0.05) is 65.2 Å². The van der Waals surface area contributed by atoms with Gasteiger partial charge in [-0.05, 0) is 60.7 Å². The molecule has 0 aliphatic carbocycles. The topological polar surface area (TPSA) is 19.7 Å². The summed E-state index contributed by atoms with van der Waals surface area (Å²) < 4.78 is 10.0. The molecule has 0 bridgehead atoms. The number of rotatable bonds is 4. The van der Waals surface area contributed by atoms with Crippen LogP contribution in [-0.2, 0) is 0 Å². The van der Waals surface area contributed by atoms with Gasteiger partial charge in [-0.1, -0.05) is 158 Å². The van der Waals surface area contributed by atoms with E-state index in [0.29, 0.717) is 0 Å². The fraction of sp³-hybridized carbons (Fsp3) is 0. The number of benzene rings is 10. The number of aromatic nitrogens is 4. The molecule has 14 aromatic rings. The Hall–Kier alpha value is -8.34. The Labute approximate surface area is 355 Å². The Balaban J connectivity index is 1.14. The molecular formula is C58H36N4. The summed E-state index contributed by atoms with van der Waals surface area (Å²) in [4.78, 5) is 0. The van der Waals surface area contributed by atoms with Crippen LogP contribution in [0.25, 0.3) is 121 Å². The van der Waals surface area contributed by atoms with Gasteiger partial charge in [0.15, 0.2) is 0 Å². The number of para-hydroxylation sites is 6. The summed E-state index contributed by atoms with van der Waals surface area (Å²) in [7, 11) is 0. The third-order valence-electron chi connectivity index (χ3n) is 13.3. The molecule has 0 spiro atoms. The van der Waals surface area contributed by atoms with Gasteiger partial charge in [-0.3, -0.25) is 0 Å². The van der Waals surface area contributed by atoms with Crippen LogP contribution in [0.15, 0.2) is 218 Å². The van der Waals surface area contributed by atoms with E-state index in [0.717, 1.165) is 22.7 Å². The smallest absolute Gasteiger partial charge is 0.0789 e. The molecule has 0 aliphatic heterocycles. The van der Waals surface area contributed by atoms with E-state index < -0.39 is 0 Å². The van der Waals surface area contributed by atoms with E-state index >= 15 is 0 Å². The first-order chi connectivity index (χ1) is 30.8. The minimum atomic E-state index is 1.15. The van der Waals surface area contributed by atoms with Gasteiger partial charge in [-0.2, -0.15) is 0 Å². The summed E-state index contributed by atoms with van der Waals surface area (Å²) in [6.07, 6.45) is 0. The first kappa shape index (κ1) is 33.5. The zero-order valence-electron chi connectivity index (χ0n) is 33.6. The summed E-state index contributed by atoms with van der Waals surface area (Å²) >= 11 is 0. The highest BCUT2D eigenvalue weighted by Gasteiger charge is 2.24. The SMILES string of the molecule is c1ccc(-n2c3ccccc3c3ccc4c5ccccc5n(-c5cccc6c(-n7c8ccccc8c8ccc9c%10ccccc%10n(-c%10ccccc%10)c9c87)cccc56)c4c32)cc1. The van der Waals surface area contributed by atoms with E-state index in [1.807, 2.05) is 0 Å². The molecule has 0 atom stereocenters. The quantitative estimate of drug-likeness (QED) is 0.169. The predicted molar refractivity (Wildman–Crippen MR) is 261 cm³/mol. The van der Waals surface area contributed by atoms with Gasteiger partial charge in [0.2, 0.25) is 0 Å². The Bertz CT molecular complexity index is 3870. The number of nitrogens with zero attached hydrogens (tertiary/aromatic N) is 4. The summed E-state index contributed by atoms with van der Waals surface area (Å²) in [6.45, 7) is 0. The molecule has 62 heavy (non-hydrogen) atoms. The molecule has 0 amide bonds. The molecule has 4 nitrogen and oxygen atoms in total. The molecule has 0 saturated carbocycles. The second-order valence-corrected chi connectivity index (χ2v) is 16.4. The second-order valence-electron chi connectivity index (χ2n) is 16.4. The molecule has 0 fully saturated rings. The largest absolute Gasteiger partial charge is 0.307 e. The van der Waals surface area contributed by atoms with Crippen molar-refractivity contribution in [3.63, 3.8) is 0 Å². The number of fused-ring (bicyclic) bond motifs is 15. The predicted octanol–water partition coefficient (Wildman–Crippen LogP) is 15.2. The minimum Gasteiger partial charge on any atom is -0.307 e. The van der Waals surface area contributed by atoms with Crippen molar-refractivity contribution in [2.24, 2.45) is 0 Å². The number of hydrogen-bond acceptors (Lipinski definition) is 0. The van der Waals surface area contributed by atoms with Gasteiger partial charge >= 0.3 is 0 Å². The molecule has 4 heteroatoms. The van der Waals surface area contributed by atoms with Crippen LogP contribution in [-0.4, -0.2) is 18.3 Å². The molecule has 0 unspecified atom stereocenters. The maximum absolute atomic E-state index is 2.54. The van der Waals surface area contributed by atoms with Gasteiger partial charge in [-0.25, -0.2) is 0 Å². The zero-order chi connectivity index (χ0) is 40.5. The maximum atomic E-state index is 2.54. The van der Waals surface area contributed by atoms with Crippen molar-refractivity contribution in [2.75, 3.05) is 0 Å². The van der Waals surface area contributed by atoms with Gasteiger partial charge < -0.3 is 18.3 Å². The fourth-order valence-corrected chi connectivity index (χ4v) is 10.9. The van der Waals surface area contributed by atoms with Crippen LogP contribution in [0, 0.1) is 0 Å². The Morgan fingerprint density at radius 2 is 0.452 bits per heavy atom. The van der Waals surface area contributed by atoms with Crippen molar-refractivity contribution < 1.29 is 0 Å². The molecule has 0 N–H and O–H groups in total. The molecule has 4 heterocycles. The molecular weight excluding hydrogens is 753 g/mol. The first-order valence-corrected chi connectivity index (χ1v) is 21.4. The highest BCUT2D eigenvalue weighted by molar-refractivity contribution is 6.26. The highest BCUT2D eigenvalue weighted by Crippen LogP contribution is 2.45. The van der Waals surface area contributed by atoms with Gasteiger partial charge in [0.25, 0.3) is 0 Å². The summed E-state index contributed by atoms with van der Waals surface area (Å²) in [5, 5.41) is 12.3. The first-order valence-electron chi connectivity index (χ1n) is 21.4. The lowest BCUT2D eigenvalue weighted by molar-refractivity contribution is 1.15. The van der Waals surface area contributed by atoms with Crippen molar-refractivity contribution in [1.29, 1.82) is 0 Å². The van der Waals surface area contributed by atoms with Crippen LogP contribution in [0.4, 0.5) is 0 Å². The van der Waals surface area contributed by atoms with Gasteiger partial charge in [0.05, 0.1) is 55.5 Å². The van der Waals surface area contributed by atoms with E-state index in [2.05, 4.69) is 237 Å². The highest BCUT2D eigenvalue weighted by atomic mass is 15.1. The monoisotopic (exact) mass is 788 g/mol. The average molecular weight is 789 g/mol. The average Bonchev–Trinajstić information content (AvgIpc) is 4.07. The lowest BCUT2D eigenvalue weighted by atomic mass is 10.1. The third kappa shape index (κ3) is 4.40. The molecule has 0 aliphatic rings. The van der Waals surface area contributed by atoms with Crippen LogP contribution in [0.3, 0.4) is 0 Å². The molecule has 14 rings (SSSR count). The van der Waals surface area contributed by atoms with Crippen LogP contribution >= 0.6 is 0 Å². The third-order valence-corrected chi connectivity index (χ3v) is 13.3. The molecule has 10 aromatic carbocycles. The normalized spacial score (nSPS) is 12.2. The standard InChI is InChI=1S/C58H36N4/c1-3-17-37(18-4-1)59-49-27-11-7-21-41(49)45-33-35-47-43-23-9-13-29-51(43)61(57(47)55(45)59)53-31-15-26-40-39(53)25-16-32-54(40)62-52-30-14-10-24-44(52)48-36-34-46-42-22-8-12-28-50(42)60(56(46)58(48)62)38-19-5-2-6-20-38/h1-36H. The molecule has 0 saturated heterocycles. The summed E-state index contributed by atoms with van der Waals surface area (Å²) in [5.41, 5.74) is 14.2. The van der Waals surface area contributed by atoms with Gasteiger partial charge in [-0.15, -0.1) is 0 Å². The van der Waals surface area contributed by atoms with Crippen LogP contribution in [0.5, 0.6) is 0 Å². The van der Waals surface area contributed by atoms with Crippen molar-refractivity contribution in [1.82, 2.24) is 18.3 Å². The minimum absolute atomic E-state index is 1.15. The van der Waals surface area contributed by atoms with Gasteiger partial charge in [0.1, 0.15) is 0 Å². The second kappa shape index (κ2) is 12.6. The van der Waals surface area contributed by atoms with E-state index in [1.165, 1.54) is 98.0 Å². The number of hydrogen-bond donors (Lipinski definition) is 0. The molecule has 4 aromatic heterocycles. The Kier molecular flexibility index (Phi) is 6.80. The lowest BCUT2D eigenvalue weighted by Crippen LogP contribution is -2.01. The van der Waals surface area contributed by atoms with E-state index in [4.69, 9.17) is 0 Å². The van der Waals surface area contributed by atoms with E-state index in [1.54, 1.807) is 0 Å². The van der Waals surface area contributed by atoms with Crippen LogP contribution in [0.2, 0.25) is 0 Å². The molecule has 288 valence electrons. The fourth-order valence-electron chi connectivity index (χ4n) is 10.9. The van der Waals surface area contributed by atoms with E-state index in [-0.39, 0.29) is 0 Å². The summed E-state index contributed by atoms with van der Waals surface area (Å²) in [5.74, 6) is 0. The Morgan fingerprint density at radius 1 is 0.177 bits per heavy atom.